The summed E-state index contributed by atoms with van der Waals surface area (Å²) < 4.78 is 24.6. The molecular weight excluding hydrogens is 267 g/mol. The van der Waals surface area contributed by atoms with Gasteiger partial charge in [-0.3, -0.25) is 4.79 Å². The Morgan fingerprint density at radius 1 is 1.25 bits per heavy atom. The smallest absolute Gasteiger partial charge is 0.314 e. The summed E-state index contributed by atoms with van der Waals surface area (Å²) in [6.45, 7) is 0.476. The number of benzene rings is 1. The minimum Gasteiger partial charge on any atom is -0.504 e. The number of phenolic OH excluding ortho intramolecular Hbond substituents is 1. The van der Waals surface area contributed by atoms with Crippen LogP contribution in [-0.4, -0.2) is 29.4 Å². The summed E-state index contributed by atoms with van der Waals surface area (Å²) in [5.41, 5.74) is -1.15. The van der Waals surface area contributed by atoms with Crippen LogP contribution in [0.5, 0.6) is 17.2 Å². The fourth-order valence-electron chi connectivity index (χ4n) is 3.08. The maximum absolute atomic E-state index is 14.2. The zero-order valence-electron chi connectivity index (χ0n) is 10.8. The molecule has 0 spiro atoms. The number of carboxylic acid groups (broad SMARTS) is 1. The number of carbonyl (C=O) groups is 1. The number of ether oxygens (including phenoxy) is 2. The first-order chi connectivity index (χ1) is 9.56. The molecular formula is C14H15FO5. The van der Waals surface area contributed by atoms with Crippen molar-refractivity contribution in [2.24, 2.45) is 0 Å². The largest absolute Gasteiger partial charge is 0.504 e. The second-order valence-electron chi connectivity index (χ2n) is 5.21. The number of hydrogen-bond acceptors (Lipinski definition) is 4. The Morgan fingerprint density at radius 3 is 2.55 bits per heavy atom. The van der Waals surface area contributed by atoms with Crippen LogP contribution in [0.2, 0.25) is 0 Å². The highest BCUT2D eigenvalue weighted by atomic mass is 19.1. The van der Waals surface area contributed by atoms with Crippen LogP contribution >= 0.6 is 0 Å². The molecule has 1 aliphatic heterocycles. The van der Waals surface area contributed by atoms with Crippen LogP contribution in [0, 0.1) is 5.82 Å². The van der Waals surface area contributed by atoms with Gasteiger partial charge in [0.2, 0.25) is 11.6 Å². The van der Waals surface area contributed by atoms with E-state index in [1.54, 1.807) is 0 Å². The minimum absolute atomic E-state index is 0.0873. The third-order valence-electron chi connectivity index (χ3n) is 4.13. The van der Waals surface area contributed by atoms with Crippen LogP contribution < -0.4 is 9.47 Å². The molecule has 5 nitrogen and oxygen atoms in total. The van der Waals surface area contributed by atoms with Gasteiger partial charge in [-0.25, -0.2) is 0 Å². The van der Waals surface area contributed by atoms with Crippen molar-refractivity contribution < 1.29 is 28.9 Å². The minimum atomic E-state index is -1.24. The Morgan fingerprint density at radius 2 is 1.90 bits per heavy atom. The lowest BCUT2D eigenvalue weighted by Gasteiger charge is -2.28. The molecule has 1 aromatic rings. The van der Waals surface area contributed by atoms with Gasteiger partial charge in [-0.05, 0) is 18.9 Å². The summed E-state index contributed by atoms with van der Waals surface area (Å²) in [5, 5.41) is 19.6. The summed E-state index contributed by atoms with van der Waals surface area (Å²) in [4.78, 5) is 11.6. The van der Waals surface area contributed by atoms with Crippen molar-refractivity contribution >= 4 is 5.97 Å². The lowest BCUT2D eigenvalue weighted by atomic mass is 9.78. The number of hydrogen-bond donors (Lipinski definition) is 2. The van der Waals surface area contributed by atoms with Crippen molar-refractivity contribution in [3.05, 3.63) is 17.4 Å². The van der Waals surface area contributed by atoms with Gasteiger partial charge < -0.3 is 19.7 Å². The number of aromatic hydroxyl groups is 1. The number of carboxylic acids is 1. The maximum Gasteiger partial charge on any atom is 0.314 e. The number of aliphatic carboxylic acids is 1. The molecule has 0 amide bonds. The van der Waals surface area contributed by atoms with E-state index in [1.807, 2.05) is 0 Å². The molecule has 1 fully saturated rings. The molecule has 6 heteroatoms. The molecule has 2 aliphatic rings. The van der Waals surface area contributed by atoms with Crippen LogP contribution in [0.4, 0.5) is 4.39 Å². The van der Waals surface area contributed by atoms with Crippen molar-refractivity contribution in [2.75, 3.05) is 13.2 Å². The molecule has 0 saturated heterocycles. The van der Waals surface area contributed by atoms with Crippen molar-refractivity contribution in [3.8, 4) is 17.2 Å². The average molecular weight is 282 g/mol. The van der Waals surface area contributed by atoms with Gasteiger partial charge in [0.15, 0.2) is 11.5 Å². The van der Waals surface area contributed by atoms with Gasteiger partial charge in [0, 0.05) is 5.56 Å². The van der Waals surface area contributed by atoms with Gasteiger partial charge >= 0.3 is 5.97 Å². The van der Waals surface area contributed by atoms with Gasteiger partial charge in [0.25, 0.3) is 0 Å². The summed E-state index contributed by atoms with van der Waals surface area (Å²) in [6.07, 6.45) is 2.24. The Balaban J connectivity index is 2.18. The zero-order valence-corrected chi connectivity index (χ0v) is 10.8. The number of phenols is 1. The van der Waals surface area contributed by atoms with Crippen molar-refractivity contribution in [3.63, 3.8) is 0 Å². The lowest BCUT2D eigenvalue weighted by molar-refractivity contribution is -0.143. The Labute approximate surface area is 114 Å². The van der Waals surface area contributed by atoms with E-state index >= 15 is 0 Å². The van der Waals surface area contributed by atoms with Crippen LogP contribution in [0.3, 0.4) is 0 Å². The fourth-order valence-corrected chi connectivity index (χ4v) is 3.08. The van der Waals surface area contributed by atoms with E-state index in [9.17, 15) is 19.4 Å². The van der Waals surface area contributed by atoms with Gasteiger partial charge in [-0.2, -0.15) is 4.39 Å². The zero-order chi connectivity index (χ0) is 14.3. The average Bonchev–Trinajstić information content (AvgIpc) is 2.93. The van der Waals surface area contributed by atoms with Crippen molar-refractivity contribution in [2.45, 2.75) is 31.1 Å². The first kappa shape index (κ1) is 13.0. The molecule has 0 radical (unpaired) electrons. The highest BCUT2D eigenvalue weighted by Crippen LogP contribution is 2.50. The Bertz CT molecular complexity index is 563. The van der Waals surface area contributed by atoms with E-state index in [0.29, 0.717) is 12.8 Å². The molecule has 0 atom stereocenters. The van der Waals surface area contributed by atoms with E-state index in [2.05, 4.69) is 0 Å². The molecule has 1 aliphatic carbocycles. The third-order valence-corrected chi connectivity index (χ3v) is 4.13. The van der Waals surface area contributed by atoms with E-state index in [1.165, 1.54) is 6.07 Å². The quantitative estimate of drug-likeness (QED) is 0.869. The highest BCUT2D eigenvalue weighted by Gasteiger charge is 2.46. The van der Waals surface area contributed by atoms with Crippen LogP contribution in [0.15, 0.2) is 6.07 Å². The summed E-state index contributed by atoms with van der Waals surface area (Å²) in [6, 6.07) is 1.41. The van der Waals surface area contributed by atoms with Crippen molar-refractivity contribution in [1.29, 1.82) is 0 Å². The van der Waals surface area contributed by atoms with E-state index in [-0.39, 0.29) is 30.3 Å². The second-order valence-corrected chi connectivity index (χ2v) is 5.21. The van der Waals surface area contributed by atoms with Crippen molar-refractivity contribution in [1.82, 2.24) is 0 Å². The predicted octanol–water partition coefficient (Wildman–Crippen LogP) is 2.20. The third kappa shape index (κ3) is 1.71. The van der Waals surface area contributed by atoms with Gasteiger partial charge in [-0.15, -0.1) is 0 Å². The molecule has 2 N–H and O–H groups in total. The first-order valence-corrected chi connectivity index (χ1v) is 6.61. The lowest BCUT2D eigenvalue weighted by Crippen LogP contribution is -2.33. The molecule has 1 heterocycles. The summed E-state index contributed by atoms with van der Waals surface area (Å²) in [5.74, 6) is -2.60. The Kier molecular flexibility index (Phi) is 2.96. The van der Waals surface area contributed by atoms with E-state index in [0.717, 1.165) is 12.8 Å². The van der Waals surface area contributed by atoms with E-state index in [4.69, 9.17) is 9.47 Å². The van der Waals surface area contributed by atoms with Crippen LogP contribution in [-0.2, 0) is 10.2 Å². The summed E-state index contributed by atoms with van der Waals surface area (Å²) in [7, 11) is 0. The SMILES string of the molecule is O=C(O)C1(c2cc3c(c(F)c2O)OCCO3)CCCC1. The molecule has 0 aromatic heterocycles. The van der Waals surface area contributed by atoms with Crippen LogP contribution in [0.1, 0.15) is 31.2 Å². The number of rotatable bonds is 2. The first-order valence-electron chi connectivity index (χ1n) is 6.61. The normalized spacial score (nSPS) is 19.9. The topological polar surface area (TPSA) is 76.0 Å². The monoisotopic (exact) mass is 282 g/mol. The molecule has 3 rings (SSSR count). The molecule has 0 bridgehead atoms. The molecule has 0 unspecified atom stereocenters. The van der Waals surface area contributed by atoms with E-state index < -0.39 is 23.0 Å². The standard InChI is InChI=1S/C14H15FO5/c15-10-11(16)8(7-9-12(10)20-6-5-19-9)14(13(17)18)3-1-2-4-14/h7,16H,1-6H2,(H,17,18). The fraction of sp³-hybridized carbons (Fsp3) is 0.500. The number of halogens is 1. The molecule has 20 heavy (non-hydrogen) atoms. The van der Waals surface area contributed by atoms with Crippen LogP contribution in [0.25, 0.3) is 0 Å². The maximum atomic E-state index is 14.2. The van der Waals surface area contributed by atoms with Gasteiger partial charge in [-0.1, -0.05) is 12.8 Å². The second kappa shape index (κ2) is 4.54. The number of fused-ring (bicyclic) bond motifs is 1. The molecule has 1 aromatic carbocycles. The van der Waals surface area contributed by atoms with Gasteiger partial charge in [0.05, 0.1) is 5.41 Å². The molecule has 108 valence electrons. The predicted molar refractivity (Wildman–Crippen MR) is 66.8 cm³/mol. The molecule has 1 saturated carbocycles. The van der Waals surface area contributed by atoms with Gasteiger partial charge in [0.1, 0.15) is 13.2 Å². The Hall–Kier alpha value is -1.98. The summed E-state index contributed by atoms with van der Waals surface area (Å²) >= 11 is 0. The highest BCUT2D eigenvalue weighted by molar-refractivity contribution is 5.83.